The minimum absolute atomic E-state index is 0.188. The number of benzene rings is 1. The standard InChI is InChI=1S/C15H19ClF3NO/c16-13-5-1-11(2-6-13)9-20-10-12-3-7-14(8-4-12)21-15(17,18)19/h3-4,7-8,11,13,20H,1-2,5-6,9-10H2. The van der Waals surface area contributed by atoms with Gasteiger partial charge in [0.1, 0.15) is 5.75 Å². The smallest absolute Gasteiger partial charge is 0.406 e. The maximum absolute atomic E-state index is 12.0. The first-order valence-corrected chi connectivity index (χ1v) is 7.55. The van der Waals surface area contributed by atoms with Gasteiger partial charge in [-0.25, -0.2) is 0 Å². The molecule has 0 atom stereocenters. The SMILES string of the molecule is FC(F)(F)Oc1ccc(CNCC2CCC(Cl)CC2)cc1. The molecule has 1 N–H and O–H groups in total. The predicted octanol–water partition coefficient (Wildman–Crippen LogP) is 4.47. The fourth-order valence-corrected chi connectivity index (χ4v) is 2.81. The molecule has 1 fully saturated rings. The topological polar surface area (TPSA) is 21.3 Å². The molecular formula is C15H19ClF3NO. The van der Waals surface area contributed by atoms with Gasteiger partial charge in [-0.15, -0.1) is 24.8 Å². The molecule has 1 aromatic carbocycles. The zero-order valence-electron chi connectivity index (χ0n) is 11.6. The molecule has 2 nitrogen and oxygen atoms in total. The molecule has 0 aromatic heterocycles. The third-order valence-electron chi connectivity index (χ3n) is 3.70. The summed E-state index contributed by atoms with van der Waals surface area (Å²) in [6.45, 7) is 1.57. The van der Waals surface area contributed by atoms with Crippen molar-refractivity contribution >= 4 is 11.6 Å². The lowest BCUT2D eigenvalue weighted by atomic mass is 9.89. The molecule has 0 amide bonds. The van der Waals surface area contributed by atoms with E-state index < -0.39 is 6.36 Å². The lowest BCUT2D eigenvalue weighted by molar-refractivity contribution is -0.274. The lowest BCUT2D eigenvalue weighted by Gasteiger charge is -2.25. The monoisotopic (exact) mass is 321 g/mol. The molecule has 0 aliphatic heterocycles. The Labute approximate surface area is 127 Å². The Hall–Kier alpha value is -0.940. The molecule has 0 heterocycles. The van der Waals surface area contributed by atoms with Gasteiger partial charge in [-0.3, -0.25) is 0 Å². The largest absolute Gasteiger partial charge is 0.573 e. The normalized spacial score (nSPS) is 23.0. The van der Waals surface area contributed by atoms with Crippen LogP contribution in [0.4, 0.5) is 13.2 Å². The van der Waals surface area contributed by atoms with E-state index in [2.05, 4.69) is 10.1 Å². The highest BCUT2D eigenvalue weighted by molar-refractivity contribution is 6.20. The molecule has 0 radical (unpaired) electrons. The van der Waals surface area contributed by atoms with E-state index in [1.165, 1.54) is 12.1 Å². The van der Waals surface area contributed by atoms with E-state index in [0.29, 0.717) is 17.8 Å². The summed E-state index contributed by atoms with van der Waals surface area (Å²) < 4.78 is 39.9. The van der Waals surface area contributed by atoms with Gasteiger partial charge in [0, 0.05) is 11.9 Å². The van der Waals surface area contributed by atoms with Crippen molar-refractivity contribution in [3.63, 3.8) is 0 Å². The first kappa shape index (κ1) is 16.4. The number of nitrogens with one attached hydrogen (secondary N) is 1. The maximum Gasteiger partial charge on any atom is 0.573 e. The van der Waals surface area contributed by atoms with E-state index in [1.54, 1.807) is 12.1 Å². The van der Waals surface area contributed by atoms with Gasteiger partial charge in [0.25, 0.3) is 0 Å². The Morgan fingerprint density at radius 3 is 2.29 bits per heavy atom. The number of hydrogen-bond donors (Lipinski definition) is 1. The predicted molar refractivity (Wildman–Crippen MR) is 76.4 cm³/mol. The number of alkyl halides is 4. The van der Waals surface area contributed by atoms with Crippen molar-refractivity contribution in [3.8, 4) is 5.75 Å². The zero-order chi connectivity index (χ0) is 15.3. The number of ether oxygens (including phenoxy) is 1. The Bertz CT molecular complexity index is 428. The van der Waals surface area contributed by atoms with Crippen LogP contribution in [0.25, 0.3) is 0 Å². The summed E-state index contributed by atoms with van der Waals surface area (Å²) in [6, 6.07) is 5.96. The number of hydrogen-bond acceptors (Lipinski definition) is 2. The van der Waals surface area contributed by atoms with Crippen molar-refractivity contribution in [2.45, 2.75) is 44.0 Å². The van der Waals surface area contributed by atoms with Gasteiger partial charge in [-0.1, -0.05) is 12.1 Å². The van der Waals surface area contributed by atoms with Gasteiger partial charge in [0.2, 0.25) is 0 Å². The molecule has 118 valence electrons. The van der Waals surface area contributed by atoms with Crippen LogP contribution in [0.5, 0.6) is 5.75 Å². The van der Waals surface area contributed by atoms with Gasteiger partial charge < -0.3 is 10.1 Å². The second-order valence-corrected chi connectivity index (χ2v) is 6.06. The van der Waals surface area contributed by atoms with Crippen LogP contribution >= 0.6 is 11.6 Å². The maximum atomic E-state index is 12.0. The minimum Gasteiger partial charge on any atom is -0.406 e. The Kier molecular flexibility index (Phi) is 5.76. The molecule has 1 aromatic rings. The van der Waals surface area contributed by atoms with Crippen LogP contribution in [0.2, 0.25) is 0 Å². The van der Waals surface area contributed by atoms with E-state index in [0.717, 1.165) is 37.8 Å². The van der Waals surface area contributed by atoms with Crippen LogP contribution < -0.4 is 10.1 Å². The summed E-state index contributed by atoms with van der Waals surface area (Å²) in [5.41, 5.74) is 0.940. The summed E-state index contributed by atoms with van der Waals surface area (Å²) in [4.78, 5) is 0. The quantitative estimate of drug-likeness (QED) is 0.808. The van der Waals surface area contributed by atoms with E-state index >= 15 is 0 Å². The van der Waals surface area contributed by atoms with Gasteiger partial charge in [-0.2, -0.15) is 0 Å². The second kappa shape index (κ2) is 7.36. The highest BCUT2D eigenvalue weighted by atomic mass is 35.5. The Morgan fingerprint density at radius 2 is 1.71 bits per heavy atom. The molecule has 21 heavy (non-hydrogen) atoms. The third kappa shape index (κ3) is 6.14. The highest BCUT2D eigenvalue weighted by Crippen LogP contribution is 2.27. The van der Waals surface area contributed by atoms with Gasteiger partial charge in [0.15, 0.2) is 0 Å². The van der Waals surface area contributed by atoms with Gasteiger partial charge in [-0.05, 0) is 55.8 Å². The van der Waals surface area contributed by atoms with Crippen molar-refractivity contribution in [1.29, 1.82) is 0 Å². The molecule has 6 heteroatoms. The van der Waals surface area contributed by atoms with Gasteiger partial charge >= 0.3 is 6.36 Å². The molecule has 0 bridgehead atoms. The molecule has 0 unspecified atom stereocenters. The van der Waals surface area contributed by atoms with Crippen molar-refractivity contribution in [2.24, 2.45) is 5.92 Å². The van der Waals surface area contributed by atoms with E-state index in [9.17, 15) is 13.2 Å². The molecule has 1 aliphatic carbocycles. The first-order chi connectivity index (χ1) is 9.92. The molecule has 1 saturated carbocycles. The first-order valence-electron chi connectivity index (χ1n) is 7.12. The highest BCUT2D eigenvalue weighted by Gasteiger charge is 2.30. The minimum atomic E-state index is -4.64. The summed E-state index contributed by atoms with van der Waals surface area (Å²) >= 11 is 6.06. The van der Waals surface area contributed by atoms with Crippen LogP contribution in [0.15, 0.2) is 24.3 Å². The van der Waals surface area contributed by atoms with Gasteiger partial charge in [0.05, 0.1) is 0 Å². The van der Waals surface area contributed by atoms with Crippen molar-refractivity contribution in [1.82, 2.24) is 5.32 Å². The molecule has 2 rings (SSSR count). The van der Waals surface area contributed by atoms with E-state index in [-0.39, 0.29) is 5.75 Å². The van der Waals surface area contributed by atoms with Crippen LogP contribution in [-0.4, -0.2) is 18.3 Å². The average Bonchev–Trinajstić information content (AvgIpc) is 2.41. The average molecular weight is 322 g/mol. The van der Waals surface area contributed by atoms with Crippen LogP contribution in [0, 0.1) is 5.92 Å². The summed E-state index contributed by atoms with van der Waals surface area (Å²) in [7, 11) is 0. The van der Waals surface area contributed by atoms with Crippen molar-refractivity contribution in [3.05, 3.63) is 29.8 Å². The third-order valence-corrected chi connectivity index (χ3v) is 4.13. The number of rotatable bonds is 5. The fraction of sp³-hybridized carbons (Fsp3) is 0.600. The summed E-state index contributed by atoms with van der Waals surface area (Å²) in [5.74, 6) is 0.458. The van der Waals surface area contributed by atoms with E-state index in [4.69, 9.17) is 11.6 Å². The van der Waals surface area contributed by atoms with E-state index in [1.807, 2.05) is 0 Å². The number of halogens is 4. The molecule has 1 aliphatic rings. The molecule has 0 spiro atoms. The Balaban J connectivity index is 1.71. The summed E-state index contributed by atoms with van der Waals surface area (Å²) in [6.07, 6.45) is -0.227. The molecular weight excluding hydrogens is 303 g/mol. The lowest BCUT2D eigenvalue weighted by Crippen LogP contribution is -2.26. The van der Waals surface area contributed by atoms with Crippen LogP contribution in [0.3, 0.4) is 0 Å². The molecule has 0 saturated heterocycles. The second-order valence-electron chi connectivity index (χ2n) is 5.44. The fourth-order valence-electron chi connectivity index (χ4n) is 2.56. The zero-order valence-corrected chi connectivity index (χ0v) is 12.4. The van der Waals surface area contributed by atoms with Crippen LogP contribution in [-0.2, 0) is 6.54 Å². The van der Waals surface area contributed by atoms with Crippen molar-refractivity contribution < 1.29 is 17.9 Å². The Morgan fingerprint density at radius 1 is 1.10 bits per heavy atom. The van der Waals surface area contributed by atoms with Crippen LogP contribution in [0.1, 0.15) is 31.2 Å². The summed E-state index contributed by atoms with van der Waals surface area (Å²) in [5, 5.41) is 3.67. The van der Waals surface area contributed by atoms with Crippen molar-refractivity contribution in [2.75, 3.05) is 6.54 Å².